The molecule has 0 aliphatic rings. The van der Waals surface area contributed by atoms with E-state index < -0.39 is 30.8 Å². The van der Waals surface area contributed by atoms with Crippen LogP contribution in [0.3, 0.4) is 0 Å². The molecular formula is C12H14F5NO. The van der Waals surface area contributed by atoms with Gasteiger partial charge in [-0.1, -0.05) is 12.1 Å². The summed E-state index contributed by atoms with van der Waals surface area (Å²) < 4.78 is 66.2. The quantitative estimate of drug-likeness (QED) is 0.809. The number of nitrogens with one attached hydrogen (secondary N) is 1. The molecular weight excluding hydrogens is 269 g/mol. The Labute approximate surface area is 107 Å². The summed E-state index contributed by atoms with van der Waals surface area (Å²) in [4.78, 5) is 0. The molecule has 0 amide bonds. The molecule has 1 N–H and O–H groups in total. The molecule has 0 saturated heterocycles. The van der Waals surface area contributed by atoms with Crippen molar-refractivity contribution in [2.24, 2.45) is 0 Å². The van der Waals surface area contributed by atoms with Crippen LogP contribution >= 0.6 is 0 Å². The topological polar surface area (TPSA) is 21.3 Å². The molecule has 19 heavy (non-hydrogen) atoms. The van der Waals surface area contributed by atoms with E-state index in [0.29, 0.717) is 5.56 Å². The van der Waals surface area contributed by atoms with Crippen LogP contribution in [0, 0.1) is 0 Å². The molecule has 1 unspecified atom stereocenters. The lowest BCUT2D eigenvalue weighted by Gasteiger charge is -2.18. The predicted molar refractivity (Wildman–Crippen MR) is 60.1 cm³/mol. The van der Waals surface area contributed by atoms with Gasteiger partial charge < -0.3 is 10.1 Å². The van der Waals surface area contributed by atoms with Crippen LogP contribution in [-0.2, 0) is 10.9 Å². The standard InChI is InChI=1S/C12H14F5NO/c1-18-10(6-19-7-11(13)14)8-3-2-4-9(5-8)12(15,16)17/h2-5,10-11,18H,6-7H2,1H3. The van der Waals surface area contributed by atoms with Gasteiger partial charge in [0.05, 0.1) is 18.2 Å². The zero-order valence-electron chi connectivity index (χ0n) is 10.2. The third-order valence-electron chi connectivity index (χ3n) is 2.49. The largest absolute Gasteiger partial charge is 0.416 e. The number of hydrogen-bond acceptors (Lipinski definition) is 2. The number of ether oxygens (including phenoxy) is 1. The Balaban J connectivity index is 2.75. The van der Waals surface area contributed by atoms with Crippen LogP contribution in [0.25, 0.3) is 0 Å². The number of alkyl halides is 5. The minimum absolute atomic E-state index is 0.123. The summed E-state index contributed by atoms with van der Waals surface area (Å²) in [5, 5.41) is 2.73. The first-order valence-electron chi connectivity index (χ1n) is 5.55. The molecule has 0 aromatic heterocycles. The lowest BCUT2D eigenvalue weighted by Crippen LogP contribution is -2.23. The lowest BCUT2D eigenvalue weighted by atomic mass is 10.0. The smallest absolute Gasteiger partial charge is 0.374 e. The van der Waals surface area contributed by atoms with Gasteiger partial charge in [0.15, 0.2) is 0 Å². The summed E-state index contributed by atoms with van der Waals surface area (Å²) >= 11 is 0. The van der Waals surface area contributed by atoms with Crippen molar-refractivity contribution in [2.45, 2.75) is 18.6 Å². The molecule has 2 nitrogen and oxygen atoms in total. The van der Waals surface area contributed by atoms with Crippen LogP contribution in [0.15, 0.2) is 24.3 Å². The third-order valence-corrected chi connectivity index (χ3v) is 2.49. The molecule has 1 aromatic rings. The van der Waals surface area contributed by atoms with E-state index in [-0.39, 0.29) is 6.61 Å². The molecule has 0 bridgehead atoms. The lowest BCUT2D eigenvalue weighted by molar-refractivity contribution is -0.137. The van der Waals surface area contributed by atoms with E-state index in [1.54, 1.807) is 0 Å². The highest BCUT2D eigenvalue weighted by molar-refractivity contribution is 5.28. The Bertz CT molecular complexity index is 394. The maximum Gasteiger partial charge on any atom is 0.416 e. The van der Waals surface area contributed by atoms with Crippen molar-refractivity contribution in [3.63, 3.8) is 0 Å². The van der Waals surface area contributed by atoms with E-state index in [9.17, 15) is 22.0 Å². The molecule has 0 heterocycles. The van der Waals surface area contributed by atoms with Crippen molar-refractivity contribution in [2.75, 3.05) is 20.3 Å². The van der Waals surface area contributed by atoms with Crippen LogP contribution in [0.5, 0.6) is 0 Å². The molecule has 1 atom stereocenters. The van der Waals surface area contributed by atoms with Crippen LogP contribution in [0.4, 0.5) is 22.0 Å². The van der Waals surface area contributed by atoms with Crippen LogP contribution in [0.2, 0.25) is 0 Å². The highest BCUT2D eigenvalue weighted by Crippen LogP contribution is 2.30. The Morgan fingerprint density at radius 2 is 1.89 bits per heavy atom. The van der Waals surface area contributed by atoms with Gasteiger partial charge in [0.2, 0.25) is 0 Å². The van der Waals surface area contributed by atoms with Gasteiger partial charge in [0.25, 0.3) is 6.43 Å². The fourth-order valence-electron chi connectivity index (χ4n) is 1.55. The van der Waals surface area contributed by atoms with E-state index in [2.05, 4.69) is 5.32 Å². The Morgan fingerprint density at radius 1 is 1.21 bits per heavy atom. The zero-order chi connectivity index (χ0) is 14.5. The van der Waals surface area contributed by atoms with Crippen molar-refractivity contribution >= 4 is 0 Å². The average Bonchev–Trinajstić information content (AvgIpc) is 2.33. The van der Waals surface area contributed by atoms with Crippen molar-refractivity contribution in [1.82, 2.24) is 5.32 Å². The maximum atomic E-state index is 12.5. The number of likely N-dealkylation sites (N-methyl/N-ethyl adjacent to an activating group) is 1. The van der Waals surface area contributed by atoms with Crippen LogP contribution < -0.4 is 5.32 Å². The highest BCUT2D eigenvalue weighted by atomic mass is 19.4. The van der Waals surface area contributed by atoms with Gasteiger partial charge in [-0.05, 0) is 24.7 Å². The molecule has 0 saturated carbocycles. The molecule has 0 aliphatic carbocycles. The number of halogens is 5. The highest BCUT2D eigenvalue weighted by Gasteiger charge is 2.30. The fraction of sp³-hybridized carbons (Fsp3) is 0.500. The number of hydrogen-bond donors (Lipinski definition) is 1. The Morgan fingerprint density at radius 3 is 2.42 bits per heavy atom. The average molecular weight is 283 g/mol. The summed E-state index contributed by atoms with van der Waals surface area (Å²) in [6, 6.07) is 4.13. The van der Waals surface area contributed by atoms with Crippen molar-refractivity contribution in [3.05, 3.63) is 35.4 Å². The van der Waals surface area contributed by atoms with E-state index in [4.69, 9.17) is 4.74 Å². The van der Waals surface area contributed by atoms with Gasteiger partial charge in [0, 0.05) is 0 Å². The predicted octanol–water partition coefficient (Wildman–Crippen LogP) is 3.25. The summed E-state index contributed by atoms with van der Waals surface area (Å²) in [6.07, 6.45) is -7.03. The second-order valence-electron chi connectivity index (χ2n) is 3.89. The van der Waals surface area contributed by atoms with E-state index in [1.165, 1.54) is 19.2 Å². The first kappa shape index (κ1) is 15.8. The fourth-order valence-corrected chi connectivity index (χ4v) is 1.55. The van der Waals surface area contributed by atoms with Crippen molar-refractivity contribution in [1.29, 1.82) is 0 Å². The molecule has 0 aliphatic heterocycles. The normalized spacial score (nSPS) is 13.8. The minimum atomic E-state index is -4.43. The molecule has 0 radical (unpaired) electrons. The van der Waals surface area contributed by atoms with E-state index in [1.807, 2.05) is 0 Å². The van der Waals surface area contributed by atoms with Crippen molar-refractivity contribution < 1.29 is 26.7 Å². The molecule has 0 spiro atoms. The second-order valence-corrected chi connectivity index (χ2v) is 3.89. The molecule has 108 valence electrons. The third kappa shape index (κ3) is 5.12. The monoisotopic (exact) mass is 283 g/mol. The summed E-state index contributed by atoms with van der Waals surface area (Å²) in [5.74, 6) is 0. The Hall–Kier alpha value is -1.21. The summed E-state index contributed by atoms with van der Waals surface area (Å²) in [6.45, 7) is -0.862. The number of benzene rings is 1. The second kappa shape index (κ2) is 6.81. The first-order valence-corrected chi connectivity index (χ1v) is 5.55. The molecule has 1 rings (SSSR count). The molecule has 0 fully saturated rings. The van der Waals surface area contributed by atoms with Gasteiger partial charge >= 0.3 is 6.18 Å². The van der Waals surface area contributed by atoms with Gasteiger partial charge in [-0.15, -0.1) is 0 Å². The Kier molecular flexibility index (Phi) is 5.68. The SMILES string of the molecule is CNC(COCC(F)F)c1cccc(C(F)(F)F)c1. The molecule has 1 aromatic carbocycles. The maximum absolute atomic E-state index is 12.5. The van der Waals surface area contributed by atoms with Crippen LogP contribution in [-0.4, -0.2) is 26.7 Å². The van der Waals surface area contributed by atoms with Gasteiger partial charge in [-0.3, -0.25) is 0 Å². The van der Waals surface area contributed by atoms with Gasteiger partial charge in [0.1, 0.15) is 6.61 Å². The number of rotatable bonds is 6. The van der Waals surface area contributed by atoms with E-state index in [0.717, 1.165) is 12.1 Å². The van der Waals surface area contributed by atoms with Gasteiger partial charge in [-0.2, -0.15) is 13.2 Å². The minimum Gasteiger partial charge on any atom is -0.374 e. The first-order chi connectivity index (χ1) is 8.84. The van der Waals surface area contributed by atoms with Gasteiger partial charge in [-0.25, -0.2) is 8.78 Å². The summed E-state index contributed by atoms with van der Waals surface area (Å²) in [7, 11) is 1.52. The van der Waals surface area contributed by atoms with E-state index >= 15 is 0 Å². The van der Waals surface area contributed by atoms with Crippen LogP contribution in [0.1, 0.15) is 17.2 Å². The summed E-state index contributed by atoms with van der Waals surface area (Å²) in [5.41, 5.74) is -0.439. The molecule has 7 heteroatoms. The van der Waals surface area contributed by atoms with Crippen molar-refractivity contribution in [3.8, 4) is 0 Å². The zero-order valence-corrected chi connectivity index (χ0v) is 10.2.